The van der Waals surface area contributed by atoms with E-state index in [1.807, 2.05) is 13.8 Å². The van der Waals surface area contributed by atoms with Gasteiger partial charge in [-0.2, -0.15) is 0 Å². The van der Waals surface area contributed by atoms with Crippen LogP contribution < -0.4 is 0 Å². The van der Waals surface area contributed by atoms with Crippen molar-refractivity contribution in [3.63, 3.8) is 0 Å². The minimum absolute atomic E-state index is 0.152. The molecule has 0 radical (unpaired) electrons. The second-order valence-electron chi connectivity index (χ2n) is 2.61. The molecule has 0 unspecified atom stereocenters. The van der Waals surface area contributed by atoms with Crippen molar-refractivity contribution in [2.75, 3.05) is 7.11 Å². The molecule has 1 N–H and O–H groups in total. The highest BCUT2D eigenvalue weighted by atomic mass is 79.9. The monoisotopic (exact) mass is 274 g/mol. The Morgan fingerprint density at radius 3 is 2.40 bits per heavy atom. The van der Waals surface area contributed by atoms with Crippen LogP contribution in [0.25, 0.3) is 0 Å². The van der Waals surface area contributed by atoms with Crippen molar-refractivity contribution in [3.05, 3.63) is 27.7 Å². The topological polar surface area (TPSA) is 46.5 Å². The zero-order chi connectivity index (χ0) is 12.0. The van der Waals surface area contributed by atoms with E-state index in [0.29, 0.717) is 15.6 Å². The first-order valence-electron chi connectivity index (χ1n) is 4.63. The third kappa shape index (κ3) is 3.55. The van der Waals surface area contributed by atoms with Crippen molar-refractivity contribution >= 4 is 21.9 Å². The number of carbonyl (C=O) groups is 1. The van der Waals surface area contributed by atoms with Gasteiger partial charge >= 0.3 is 5.97 Å². The normalized spacial score (nSPS) is 8.87. The molecule has 1 aromatic carbocycles. The fraction of sp³-hybridized carbons (Fsp3) is 0.364. The summed E-state index contributed by atoms with van der Waals surface area (Å²) in [6.45, 7) is 5.72. The number of esters is 1. The van der Waals surface area contributed by atoms with Gasteiger partial charge < -0.3 is 9.84 Å². The van der Waals surface area contributed by atoms with Crippen molar-refractivity contribution in [2.45, 2.75) is 20.8 Å². The second kappa shape index (κ2) is 6.45. The van der Waals surface area contributed by atoms with Crippen LogP contribution in [-0.4, -0.2) is 18.2 Å². The summed E-state index contributed by atoms with van der Waals surface area (Å²) >= 11 is 3.16. The van der Waals surface area contributed by atoms with Crippen LogP contribution in [-0.2, 0) is 4.74 Å². The summed E-state index contributed by atoms with van der Waals surface area (Å²) in [6, 6.07) is 3.05. The van der Waals surface area contributed by atoms with Crippen LogP contribution in [0.3, 0.4) is 0 Å². The third-order valence-corrected chi connectivity index (χ3v) is 2.35. The fourth-order valence-electron chi connectivity index (χ4n) is 0.937. The Balaban J connectivity index is 0.000000921. The zero-order valence-electron chi connectivity index (χ0n) is 9.30. The molecular weight excluding hydrogens is 260 g/mol. The van der Waals surface area contributed by atoms with Gasteiger partial charge in [-0.3, -0.25) is 0 Å². The van der Waals surface area contributed by atoms with E-state index in [0.717, 1.165) is 0 Å². The summed E-state index contributed by atoms with van der Waals surface area (Å²) in [5, 5.41) is 9.30. The largest absolute Gasteiger partial charge is 0.508 e. The number of phenols is 1. The molecule has 0 saturated carbocycles. The average molecular weight is 275 g/mol. The maximum absolute atomic E-state index is 11.2. The number of hydrogen-bond acceptors (Lipinski definition) is 3. The van der Waals surface area contributed by atoms with E-state index in [1.165, 1.54) is 13.2 Å². The van der Waals surface area contributed by atoms with E-state index in [9.17, 15) is 9.90 Å². The van der Waals surface area contributed by atoms with Crippen molar-refractivity contribution in [1.29, 1.82) is 0 Å². The van der Waals surface area contributed by atoms with Gasteiger partial charge in [0.2, 0.25) is 0 Å². The van der Waals surface area contributed by atoms with Gasteiger partial charge in [0.1, 0.15) is 5.75 Å². The Hall–Kier alpha value is -1.03. The third-order valence-electron chi connectivity index (χ3n) is 1.69. The van der Waals surface area contributed by atoms with Crippen molar-refractivity contribution in [1.82, 2.24) is 0 Å². The minimum atomic E-state index is -0.421. The minimum Gasteiger partial charge on any atom is -0.508 e. The molecule has 4 heteroatoms. The Bertz CT molecular complexity index is 348. The lowest BCUT2D eigenvalue weighted by Gasteiger charge is -2.05. The molecule has 0 aliphatic heterocycles. The van der Waals surface area contributed by atoms with Gasteiger partial charge in [0.15, 0.2) is 0 Å². The van der Waals surface area contributed by atoms with E-state index in [1.54, 1.807) is 13.0 Å². The van der Waals surface area contributed by atoms with Crippen LogP contribution in [0.1, 0.15) is 29.8 Å². The number of hydrogen-bond donors (Lipinski definition) is 1. The van der Waals surface area contributed by atoms with Gasteiger partial charge in [-0.15, -0.1) is 0 Å². The molecule has 0 heterocycles. The molecule has 1 aromatic rings. The molecule has 0 bridgehead atoms. The van der Waals surface area contributed by atoms with E-state index >= 15 is 0 Å². The summed E-state index contributed by atoms with van der Waals surface area (Å²) in [4.78, 5) is 11.2. The fourth-order valence-corrected chi connectivity index (χ4v) is 1.43. The second-order valence-corrected chi connectivity index (χ2v) is 3.46. The van der Waals surface area contributed by atoms with Crippen molar-refractivity contribution in [2.24, 2.45) is 0 Å². The molecule has 84 valence electrons. The maximum atomic E-state index is 11.2. The van der Waals surface area contributed by atoms with Crippen LogP contribution in [0.5, 0.6) is 5.75 Å². The number of rotatable bonds is 1. The number of aromatic hydroxyl groups is 1. The van der Waals surface area contributed by atoms with E-state index in [-0.39, 0.29) is 5.75 Å². The Kier molecular flexibility index (Phi) is 6.01. The molecular formula is C11H15BrO3. The maximum Gasteiger partial charge on any atom is 0.339 e. The number of carbonyl (C=O) groups excluding carboxylic acids is 1. The van der Waals surface area contributed by atoms with E-state index in [2.05, 4.69) is 20.7 Å². The molecule has 0 aliphatic rings. The van der Waals surface area contributed by atoms with Crippen LogP contribution in [0, 0.1) is 6.92 Å². The Labute approximate surface area is 98.2 Å². The molecule has 0 aliphatic carbocycles. The molecule has 0 aromatic heterocycles. The van der Waals surface area contributed by atoms with Gasteiger partial charge in [0.25, 0.3) is 0 Å². The number of phenolic OH excluding ortho intramolecular Hbond substituents is 1. The van der Waals surface area contributed by atoms with Gasteiger partial charge in [-0.1, -0.05) is 13.8 Å². The lowest BCUT2D eigenvalue weighted by molar-refractivity contribution is 0.0599. The standard InChI is InChI=1S/C9H9BrO3.C2H6/c1-5-3-6(9(12)13-2)7(10)4-8(5)11;1-2/h3-4,11H,1-2H3;1-2H3. The van der Waals surface area contributed by atoms with Gasteiger partial charge in [-0.25, -0.2) is 4.79 Å². The summed E-state index contributed by atoms with van der Waals surface area (Å²) in [5.41, 5.74) is 1.06. The summed E-state index contributed by atoms with van der Waals surface area (Å²) in [7, 11) is 1.32. The molecule has 3 nitrogen and oxygen atoms in total. The number of benzene rings is 1. The summed E-state index contributed by atoms with van der Waals surface area (Å²) in [5.74, 6) is -0.269. The van der Waals surface area contributed by atoms with Crippen molar-refractivity contribution in [3.8, 4) is 5.75 Å². The number of aryl methyl sites for hydroxylation is 1. The average Bonchev–Trinajstić information content (AvgIpc) is 2.25. The number of ether oxygens (including phenoxy) is 1. The van der Waals surface area contributed by atoms with Crippen LogP contribution >= 0.6 is 15.9 Å². The SMILES string of the molecule is CC.COC(=O)c1cc(C)c(O)cc1Br. The zero-order valence-corrected chi connectivity index (χ0v) is 10.9. The van der Waals surface area contributed by atoms with Crippen LogP contribution in [0.15, 0.2) is 16.6 Å². The predicted molar refractivity (Wildman–Crippen MR) is 63.2 cm³/mol. The van der Waals surface area contributed by atoms with Gasteiger partial charge in [-0.05, 0) is 40.5 Å². The molecule has 0 saturated heterocycles. The quantitative estimate of drug-likeness (QED) is 0.800. The molecule has 15 heavy (non-hydrogen) atoms. The summed E-state index contributed by atoms with van der Waals surface area (Å²) in [6.07, 6.45) is 0. The first kappa shape index (κ1) is 14.0. The first-order chi connectivity index (χ1) is 7.06. The highest BCUT2D eigenvalue weighted by molar-refractivity contribution is 9.10. The number of halogens is 1. The van der Waals surface area contributed by atoms with E-state index < -0.39 is 5.97 Å². The molecule has 0 atom stereocenters. The summed E-state index contributed by atoms with van der Waals surface area (Å²) < 4.78 is 5.09. The smallest absolute Gasteiger partial charge is 0.339 e. The molecule has 0 amide bonds. The lowest BCUT2D eigenvalue weighted by atomic mass is 10.1. The predicted octanol–water partition coefficient (Wildman–Crippen LogP) is 3.28. The molecule has 0 spiro atoms. The molecule has 0 fully saturated rings. The van der Waals surface area contributed by atoms with Crippen LogP contribution in [0.4, 0.5) is 0 Å². The van der Waals surface area contributed by atoms with Crippen LogP contribution in [0.2, 0.25) is 0 Å². The number of methoxy groups -OCH3 is 1. The van der Waals surface area contributed by atoms with Gasteiger partial charge in [0.05, 0.1) is 12.7 Å². The first-order valence-corrected chi connectivity index (χ1v) is 5.43. The Morgan fingerprint density at radius 1 is 1.40 bits per heavy atom. The highest BCUT2D eigenvalue weighted by Crippen LogP contribution is 2.26. The van der Waals surface area contributed by atoms with Crippen molar-refractivity contribution < 1.29 is 14.6 Å². The lowest BCUT2D eigenvalue weighted by Crippen LogP contribution is -2.02. The molecule has 1 rings (SSSR count). The van der Waals surface area contributed by atoms with E-state index in [4.69, 9.17) is 0 Å². The Morgan fingerprint density at radius 2 is 1.93 bits per heavy atom. The van der Waals surface area contributed by atoms with Gasteiger partial charge in [0, 0.05) is 4.47 Å². The highest BCUT2D eigenvalue weighted by Gasteiger charge is 2.12.